The standard InChI is InChI=1S/C15H27NO3/c1-12(15(2,3)4)8-16-9-13(17)10-18-11-14-6-5-7-19-14/h5-7,12-13,16-17H,8-11H2,1-4H3. The van der Waals surface area contributed by atoms with Crippen molar-refractivity contribution in [2.75, 3.05) is 19.7 Å². The molecule has 1 rings (SSSR count). The molecule has 19 heavy (non-hydrogen) atoms. The second-order valence-corrected chi connectivity index (χ2v) is 6.17. The summed E-state index contributed by atoms with van der Waals surface area (Å²) in [5.41, 5.74) is 0.285. The van der Waals surface area contributed by atoms with E-state index in [-0.39, 0.29) is 5.41 Å². The van der Waals surface area contributed by atoms with Crippen molar-refractivity contribution in [3.8, 4) is 0 Å². The zero-order chi connectivity index (χ0) is 14.3. The maximum absolute atomic E-state index is 9.78. The Bertz CT molecular complexity index is 330. The van der Waals surface area contributed by atoms with E-state index in [2.05, 4.69) is 33.0 Å². The zero-order valence-electron chi connectivity index (χ0n) is 12.5. The lowest BCUT2D eigenvalue weighted by molar-refractivity contribution is 0.0219. The fourth-order valence-electron chi connectivity index (χ4n) is 1.52. The number of hydrogen-bond acceptors (Lipinski definition) is 4. The molecule has 0 aliphatic rings. The van der Waals surface area contributed by atoms with Crippen LogP contribution in [0.15, 0.2) is 22.8 Å². The van der Waals surface area contributed by atoms with E-state index in [0.29, 0.717) is 25.7 Å². The second-order valence-electron chi connectivity index (χ2n) is 6.17. The SMILES string of the molecule is CC(CNCC(O)COCc1ccco1)C(C)(C)C. The minimum Gasteiger partial charge on any atom is -0.467 e. The van der Waals surface area contributed by atoms with E-state index in [0.717, 1.165) is 12.3 Å². The molecule has 0 aliphatic carbocycles. The van der Waals surface area contributed by atoms with Gasteiger partial charge in [-0.2, -0.15) is 0 Å². The largest absolute Gasteiger partial charge is 0.467 e. The van der Waals surface area contributed by atoms with Gasteiger partial charge in [-0.15, -0.1) is 0 Å². The predicted octanol–water partition coefficient (Wildman–Crippen LogP) is 2.43. The molecule has 4 nitrogen and oxygen atoms in total. The summed E-state index contributed by atoms with van der Waals surface area (Å²) in [5, 5.41) is 13.1. The van der Waals surface area contributed by atoms with Gasteiger partial charge in [0.2, 0.25) is 0 Å². The quantitative estimate of drug-likeness (QED) is 0.761. The first-order valence-corrected chi connectivity index (χ1v) is 6.88. The molecule has 0 saturated heterocycles. The minimum atomic E-state index is -0.484. The molecule has 2 N–H and O–H groups in total. The Balaban J connectivity index is 2.06. The van der Waals surface area contributed by atoms with Gasteiger partial charge >= 0.3 is 0 Å². The van der Waals surface area contributed by atoms with Crippen molar-refractivity contribution in [3.63, 3.8) is 0 Å². The number of ether oxygens (including phenoxy) is 1. The Morgan fingerprint density at radius 1 is 1.37 bits per heavy atom. The highest BCUT2D eigenvalue weighted by molar-refractivity contribution is 4.96. The van der Waals surface area contributed by atoms with Gasteiger partial charge in [-0.05, 0) is 30.0 Å². The number of hydrogen-bond donors (Lipinski definition) is 2. The molecule has 110 valence electrons. The molecule has 0 fully saturated rings. The van der Waals surface area contributed by atoms with Crippen LogP contribution in [-0.4, -0.2) is 30.9 Å². The summed E-state index contributed by atoms with van der Waals surface area (Å²) >= 11 is 0. The smallest absolute Gasteiger partial charge is 0.129 e. The Labute approximate surface area is 116 Å². The van der Waals surface area contributed by atoms with Gasteiger partial charge in [0.25, 0.3) is 0 Å². The monoisotopic (exact) mass is 269 g/mol. The first-order chi connectivity index (χ1) is 8.89. The van der Waals surface area contributed by atoms with Crippen LogP contribution in [0.25, 0.3) is 0 Å². The van der Waals surface area contributed by atoms with Gasteiger partial charge in [0, 0.05) is 6.54 Å². The third kappa shape index (κ3) is 6.76. The second kappa shape index (κ2) is 7.68. The Hall–Kier alpha value is -0.840. The van der Waals surface area contributed by atoms with Gasteiger partial charge in [0.1, 0.15) is 12.4 Å². The van der Waals surface area contributed by atoms with E-state index < -0.39 is 6.10 Å². The average molecular weight is 269 g/mol. The molecule has 1 aromatic rings. The maximum Gasteiger partial charge on any atom is 0.129 e. The van der Waals surface area contributed by atoms with Crippen molar-refractivity contribution < 1.29 is 14.3 Å². The molecule has 0 amide bonds. The van der Waals surface area contributed by atoms with Crippen LogP contribution in [0.1, 0.15) is 33.5 Å². The fourth-order valence-corrected chi connectivity index (χ4v) is 1.52. The van der Waals surface area contributed by atoms with Crippen LogP contribution in [0, 0.1) is 11.3 Å². The normalized spacial score (nSPS) is 15.4. The van der Waals surface area contributed by atoms with Gasteiger partial charge in [0.15, 0.2) is 0 Å². The first kappa shape index (κ1) is 16.2. The van der Waals surface area contributed by atoms with Crippen LogP contribution in [0.2, 0.25) is 0 Å². The Morgan fingerprint density at radius 3 is 2.68 bits per heavy atom. The van der Waals surface area contributed by atoms with Gasteiger partial charge in [-0.3, -0.25) is 0 Å². The summed E-state index contributed by atoms with van der Waals surface area (Å²) in [5.74, 6) is 1.34. The highest BCUT2D eigenvalue weighted by Crippen LogP contribution is 2.24. The fraction of sp³-hybridized carbons (Fsp3) is 0.733. The van der Waals surface area contributed by atoms with Crippen LogP contribution in [0.5, 0.6) is 0 Å². The van der Waals surface area contributed by atoms with E-state index in [1.54, 1.807) is 6.26 Å². The molecule has 0 spiro atoms. The van der Waals surface area contributed by atoms with Crippen molar-refractivity contribution in [1.29, 1.82) is 0 Å². The van der Waals surface area contributed by atoms with Gasteiger partial charge in [-0.25, -0.2) is 0 Å². The van der Waals surface area contributed by atoms with Crippen molar-refractivity contribution in [2.45, 2.75) is 40.4 Å². The Morgan fingerprint density at radius 2 is 2.11 bits per heavy atom. The van der Waals surface area contributed by atoms with Crippen molar-refractivity contribution in [1.82, 2.24) is 5.32 Å². The molecule has 0 bridgehead atoms. The summed E-state index contributed by atoms with van der Waals surface area (Å²) < 4.78 is 10.5. The van der Waals surface area contributed by atoms with Crippen molar-refractivity contribution in [2.24, 2.45) is 11.3 Å². The number of aliphatic hydroxyl groups excluding tert-OH is 1. The summed E-state index contributed by atoms with van der Waals surface area (Å²) in [7, 11) is 0. The summed E-state index contributed by atoms with van der Waals surface area (Å²) in [6.45, 7) is 11.1. The van der Waals surface area contributed by atoms with Crippen molar-refractivity contribution in [3.05, 3.63) is 24.2 Å². The number of furan rings is 1. The molecule has 1 heterocycles. The summed E-state index contributed by atoms with van der Waals surface area (Å²) in [4.78, 5) is 0. The molecule has 0 radical (unpaired) electrons. The molecule has 2 atom stereocenters. The van der Waals surface area contributed by atoms with E-state index in [1.165, 1.54) is 0 Å². The molecule has 0 saturated carbocycles. The first-order valence-electron chi connectivity index (χ1n) is 6.88. The predicted molar refractivity (Wildman–Crippen MR) is 75.9 cm³/mol. The minimum absolute atomic E-state index is 0.285. The lowest BCUT2D eigenvalue weighted by Crippen LogP contribution is -2.36. The highest BCUT2D eigenvalue weighted by Gasteiger charge is 2.19. The summed E-state index contributed by atoms with van der Waals surface area (Å²) in [6, 6.07) is 3.68. The molecule has 0 aromatic carbocycles. The van der Waals surface area contributed by atoms with Crippen LogP contribution in [-0.2, 0) is 11.3 Å². The Kier molecular flexibility index (Phi) is 6.55. The van der Waals surface area contributed by atoms with E-state index in [9.17, 15) is 5.11 Å². The van der Waals surface area contributed by atoms with Crippen LogP contribution in [0.3, 0.4) is 0 Å². The topological polar surface area (TPSA) is 54.6 Å². The molecule has 0 aliphatic heterocycles. The van der Waals surface area contributed by atoms with Crippen LogP contribution in [0.4, 0.5) is 0 Å². The van der Waals surface area contributed by atoms with Crippen LogP contribution >= 0.6 is 0 Å². The average Bonchev–Trinajstić information content (AvgIpc) is 2.80. The van der Waals surface area contributed by atoms with E-state index in [1.807, 2.05) is 12.1 Å². The molecule has 1 aromatic heterocycles. The van der Waals surface area contributed by atoms with Crippen LogP contribution < -0.4 is 5.32 Å². The van der Waals surface area contributed by atoms with Gasteiger partial charge < -0.3 is 19.6 Å². The third-order valence-electron chi connectivity index (χ3n) is 3.44. The lowest BCUT2D eigenvalue weighted by atomic mass is 9.82. The van der Waals surface area contributed by atoms with Crippen molar-refractivity contribution >= 4 is 0 Å². The number of rotatable bonds is 8. The van der Waals surface area contributed by atoms with E-state index in [4.69, 9.17) is 9.15 Å². The summed E-state index contributed by atoms with van der Waals surface area (Å²) in [6.07, 6.45) is 1.13. The van der Waals surface area contributed by atoms with Gasteiger partial charge in [-0.1, -0.05) is 27.7 Å². The zero-order valence-corrected chi connectivity index (χ0v) is 12.5. The highest BCUT2D eigenvalue weighted by atomic mass is 16.5. The molecular formula is C15H27NO3. The van der Waals surface area contributed by atoms with E-state index >= 15 is 0 Å². The van der Waals surface area contributed by atoms with Gasteiger partial charge in [0.05, 0.1) is 19.0 Å². The third-order valence-corrected chi connectivity index (χ3v) is 3.44. The number of nitrogens with one attached hydrogen (secondary N) is 1. The molecule has 2 unspecified atom stereocenters. The number of aliphatic hydroxyl groups is 1. The lowest BCUT2D eigenvalue weighted by Gasteiger charge is -2.27. The maximum atomic E-state index is 9.78. The molecule has 4 heteroatoms. The molecular weight excluding hydrogens is 242 g/mol.